The molecule has 0 aliphatic rings. The lowest BCUT2D eigenvalue weighted by Crippen LogP contribution is -2.22. The molecular weight excluding hydrogens is 344 g/mol. The van der Waals surface area contributed by atoms with Gasteiger partial charge in [-0.25, -0.2) is 5.43 Å². The number of hydrazone groups is 1. The summed E-state index contributed by atoms with van der Waals surface area (Å²) in [5, 5.41) is 14.9. The number of non-ortho nitro benzene ring substituents is 1. The number of amides is 1. The minimum Gasteiger partial charge on any atom is -0.273 e. The fraction of sp³-hybridized carbons (Fsp3) is 0.0500. The smallest absolute Gasteiger partial charge is 0.269 e. The van der Waals surface area contributed by atoms with Crippen molar-refractivity contribution in [1.82, 2.24) is 10.4 Å². The van der Waals surface area contributed by atoms with Crippen molar-refractivity contribution in [2.24, 2.45) is 5.10 Å². The van der Waals surface area contributed by atoms with Crippen molar-refractivity contribution in [2.75, 3.05) is 0 Å². The zero-order valence-electron chi connectivity index (χ0n) is 14.3. The van der Waals surface area contributed by atoms with Crippen LogP contribution in [-0.4, -0.2) is 21.5 Å². The SMILES string of the molecule is O=C(Cc1ccc([N+](=O)[O-])cc1)NN=C(c1ccccc1)c1ccccn1. The third-order valence-corrected chi connectivity index (χ3v) is 3.76. The van der Waals surface area contributed by atoms with E-state index in [1.54, 1.807) is 24.4 Å². The lowest BCUT2D eigenvalue weighted by Gasteiger charge is -2.07. The summed E-state index contributed by atoms with van der Waals surface area (Å²) in [6.07, 6.45) is 1.72. The van der Waals surface area contributed by atoms with E-state index in [2.05, 4.69) is 15.5 Å². The number of hydrogen-bond donors (Lipinski definition) is 1. The standard InChI is InChI=1S/C20H16N4O3/c25-19(14-15-9-11-17(12-10-15)24(26)27)22-23-20(16-6-2-1-3-7-16)18-8-4-5-13-21-18/h1-13H,14H2,(H,22,25). The van der Waals surface area contributed by atoms with Gasteiger partial charge in [0.2, 0.25) is 5.91 Å². The largest absolute Gasteiger partial charge is 0.273 e. The van der Waals surface area contributed by atoms with Gasteiger partial charge in [0, 0.05) is 23.9 Å². The monoisotopic (exact) mass is 360 g/mol. The van der Waals surface area contributed by atoms with Crippen molar-refractivity contribution < 1.29 is 9.72 Å². The summed E-state index contributed by atoms with van der Waals surface area (Å²) in [7, 11) is 0. The summed E-state index contributed by atoms with van der Waals surface area (Å²) >= 11 is 0. The Morgan fingerprint density at radius 2 is 1.70 bits per heavy atom. The Morgan fingerprint density at radius 1 is 1.00 bits per heavy atom. The number of nitro groups is 1. The third-order valence-electron chi connectivity index (χ3n) is 3.76. The molecule has 0 aliphatic carbocycles. The molecule has 7 nitrogen and oxygen atoms in total. The number of benzene rings is 2. The van der Waals surface area contributed by atoms with Gasteiger partial charge in [0.15, 0.2) is 0 Å². The van der Waals surface area contributed by atoms with Crippen molar-refractivity contribution in [2.45, 2.75) is 6.42 Å². The topological polar surface area (TPSA) is 97.5 Å². The van der Waals surface area contributed by atoms with Crippen LogP contribution in [0.25, 0.3) is 0 Å². The number of aromatic nitrogens is 1. The maximum atomic E-state index is 12.2. The van der Waals surface area contributed by atoms with E-state index in [-0.39, 0.29) is 18.0 Å². The van der Waals surface area contributed by atoms with Gasteiger partial charge in [-0.3, -0.25) is 19.9 Å². The molecule has 0 fully saturated rings. The summed E-state index contributed by atoms with van der Waals surface area (Å²) in [5.41, 5.74) is 5.20. The second kappa shape index (κ2) is 8.48. The van der Waals surface area contributed by atoms with Gasteiger partial charge < -0.3 is 0 Å². The molecule has 0 atom stereocenters. The van der Waals surface area contributed by atoms with E-state index in [1.807, 2.05) is 42.5 Å². The van der Waals surface area contributed by atoms with E-state index >= 15 is 0 Å². The van der Waals surface area contributed by atoms with Gasteiger partial charge in [0.25, 0.3) is 5.69 Å². The number of nitrogens with one attached hydrogen (secondary N) is 1. The molecule has 1 amide bonds. The van der Waals surface area contributed by atoms with Gasteiger partial charge >= 0.3 is 0 Å². The molecule has 0 saturated carbocycles. The first-order valence-corrected chi connectivity index (χ1v) is 8.20. The van der Waals surface area contributed by atoms with E-state index in [9.17, 15) is 14.9 Å². The number of rotatable bonds is 6. The Labute approximate surface area is 155 Å². The molecule has 0 bridgehead atoms. The first-order chi connectivity index (χ1) is 13.1. The number of carbonyl (C=O) groups is 1. The molecule has 2 aromatic carbocycles. The minimum absolute atomic E-state index is 0.0151. The Hall–Kier alpha value is -3.87. The maximum absolute atomic E-state index is 12.2. The molecule has 0 aliphatic heterocycles. The van der Waals surface area contributed by atoms with Crippen molar-refractivity contribution in [3.63, 3.8) is 0 Å². The highest BCUT2D eigenvalue weighted by molar-refractivity contribution is 6.11. The number of nitro benzene ring substituents is 1. The third kappa shape index (κ3) is 4.82. The zero-order chi connectivity index (χ0) is 19.1. The zero-order valence-corrected chi connectivity index (χ0v) is 14.3. The van der Waals surface area contributed by atoms with Gasteiger partial charge in [-0.2, -0.15) is 5.10 Å². The van der Waals surface area contributed by atoms with Crippen LogP contribution < -0.4 is 5.43 Å². The number of hydrogen-bond acceptors (Lipinski definition) is 5. The highest BCUT2D eigenvalue weighted by atomic mass is 16.6. The fourth-order valence-corrected chi connectivity index (χ4v) is 2.45. The Balaban J connectivity index is 1.76. The van der Waals surface area contributed by atoms with E-state index in [0.717, 1.165) is 5.56 Å². The molecule has 3 aromatic rings. The fourth-order valence-electron chi connectivity index (χ4n) is 2.45. The van der Waals surface area contributed by atoms with Crippen LogP contribution >= 0.6 is 0 Å². The van der Waals surface area contributed by atoms with Crippen LogP contribution in [0.2, 0.25) is 0 Å². The number of carbonyl (C=O) groups excluding carboxylic acids is 1. The highest BCUT2D eigenvalue weighted by Crippen LogP contribution is 2.12. The highest BCUT2D eigenvalue weighted by Gasteiger charge is 2.10. The predicted octanol–water partition coefficient (Wildman–Crippen LogP) is 3.10. The van der Waals surface area contributed by atoms with Crippen molar-refractivity contribution in [3.8, 4) is 0 Å². The van der Waals surface area contributed by atoms with Crippen LogP contribution in [0.3, 0.4) is 0 Å². The van der Waals surface area contributed by atoms with Gasteiger partial charge in [0.1, 0.15) is 5.71 Å². The molecule has 1 aromatic heterocycles. The van der Waals surface area contributed by atoms with Gasteiger partial charge in [-0.05, 0) is 17.7 Å². The Bertz CT molecular complexity index is 914. The molecule has 0 radical (unpaired) electrons. The molecule has 1 N–H and O–H groups in total. The van der Waals surface area contributed by atoms with Crippen molar-refractivity contribution >= 4 is 17.3 Å². The van der Waals surface area contributed by atoms with Crippen molar-refractivity contribution in [1.29, 1.82) is 0 Å². The minimum atomic E-state index is -0.479. The van der Waals surface area contributed by atoms with Crippen LogP contribution in [0.1, 0.15) is 16.8 Å². The molecule has 1 heterocycles. The summed E-state index contributed by atoms with van der Waals surface area (Å²) < 4.78 is 0. The lowest BCUT2D eigenvalue weighted by atomic mass is 10.1. The molecule has 134 valence electrons. The predicted molar refractivity (Wildman–Crippen MR) is 101 cm³/mol. The summed E-state index contributed by atoms with van der Waals surface area (Å²) in [4.78, 5) is 26.7. The van der Waals surface area contributed by atoms with Gasteiger partial charge in [-0.1, -0.05) is 48.5 Å². The summed E-state index contributed by atoms with van der Waals surface area (Å²) in [5.74, 6) is -0.326. The molecule has 3 rings (SSSR count). The molecule has 0 spiro atoms. The Kier molecular flexibility index (Phi) is 5.64. The van der Waals surface area contributed by atoms with Crippen LogP contribution in [-0.2, 0) is 11.2 Å². The summed E-state index contributed by atoms with van der Waals surface area (Å²) in [6, 6.07) is 20.7. The number of nitrogens with zero attached hydrogens (tertiary/aromatic N) is 3. The molecule has 7 heteroatoms. The maximum Gasteiger partial charge on any atom is 0.269 e. The molecule has 0 saturated heterocycles. The summed E-state index contributed by atoms with van der Waals surface area (Å²) in [6.45, 7) is 0. The Morgan fingerprint density at radius 3 is 2.33 bits per heavy atom. The molecule has 0 unspecified atom stereocenters. The molecular formula is C20H16N4O3. The van der Waals surface area contributed by atoms with Gasteiger partial charge in [0.05, 0.1) is 17.0 Å². The average Bonchev–Trinajstić information content (AvgIpc) is 2.70. The van der Waals surface area contributed by atoms with Crippen LogP contribution in [0.5, 0.6) is 0 Å². The average molecular weight is 360 g/mol. The quantitative estimate of drug-likeness (QED) is 0.415. The van der Waals surface area contributed by atoms with Crippen LogP contribution in [0, 0.1) is 10.1 Å². The van der Waals surface area contributed by atoms with E-state index in [4.69, 9.17) is 0 Å². The van der Waals surface area contributed by atoms with Crippen LogP contribution in [0.4, 0.5) is 5.69 Å². The van der Waals surface area contributed by atoms with Crippen LogP contribution in [0.15, 0.2) is 84.1 Å². The molecule has 27 heavy (non-hydrogen) atoms. The first kappa shape index (κ1) is 17.9. The van der Waals surface area contributed by atoms with E-state index in [1.165, 1.54) is 12.1 Å². The lowest BCUT2D eigenvalue weighted by molar-refractivity contribution is -0.384. The van der Waals surface area contributed by atoms with Gasteiger partial charge in [-0.15, -0.1) is 0 Å². The van der Waals surface area contributed by atoms with Crippen molar-refractivity contribution in [3.05, 3.63) is 106 Å². The second-order valence-electron chi connectivity index (χ2n) is 5.68. The number of pyridine rings is 1. The van der Waals surface area contributed by atoms with E-state index in [0.29, 0.717) is 17.0 Å². The first-order valence-electron chi connectivity index (χ1n) is 8.20. The second-order valence-corrected chi connectivity index (χ2v) is 5.68. The van der Waals surface area contributed by atoms with E-state index < -0.39 is 4.92 Å². The normalized spacial score (nSPS) is 11.0.